The van der Waals surface area contributed by atoms with Crippen molar-refractivity contribution in [3.05, 3.63) is 23.9 Å². The van der Waals surface area contributed by atoms with Crippen LogP contribution < -0.4 is 11.5 Å². The molecule has 4 nitrogen and oxygen atoms in total. The zero-order valence-electron chi connectivity index (χ0n) is 10.0. The molecule has 1 aliphatic heterocycles. The SMILES string of the molecule is Nc1ncccc1CN1C[C@H](C2CC2)[C@@H](N)C1. The van der Waals surface area contributed by atoms with E-state index in [0.29, 0.717) is 17.8 Å². The van der Waals surface area contributed by atoms with Crippen molar-refractivity contribution in [3.8, 4) is 0 Å². The van der Waals surface area contributed by atoms with Gasteiger partial charge in [0.15, 0.2) is 0 Å². The van der Waals surface area contributed by atoms with Crippen LogP contribution in [0, 0.1) is 11.8 Å². The van der Waals surface area contributed by atoms with Gasteiger partial charge in [0, 0.05) is 37.4 Å². The van der Waals surface area contributed by atoms with Crippen LogP contribution in [0.5, 0.6) is 0 Å². The van der Waals surface area contributed by atoms with Gasteiger partial charge in [-0.05, 0) is 30.7 Å². The molecule has 1 aromatic heterocycles. The molecule has 17 heavy (non-hydrogen) atoms. The van der Waals surface area contributed by atoms with E-state index in [1.165, 1.54) is 12.8 Å². The molecule has 4 heteroatoms. The highest BCUT2D eigenvalue weighted by molar-refractivity contribution is 5.38. The Hall–Kier alpha value is -1.13. The van der Waals surface area contributed by atoms with E-state index in [9.17, 15) is 0 Å². The van der Waals surface area contributed by atoms with Gasteiger partial charge in [-0.15, -0.1) is 0 Å². The number of nitrogen functional groups attached to an aromatic ring is 1. The number of anilines is 1. The van der Waals surface area contributed by atoms with Crippen LogP contribution >= 0.6 is 0 Å². The first-order valence-corrected chi connectivity index (χ1v) is 6.41. The molecule has 0 radical (unpaired) electrons. The molecule has 2 aliphatic rings. The Bertz CT molecular complexity index is 402. The first-order chi connectivity index (χ1) is 8.24. The smallest absolute Gasteiger partial charge is 0.127 e. The van der Waals surface area contributed by atoms with Crippen LogP contribution in [0.15, 0.2) is 18.3 Å². The summed E-state index contributed by atoms with van der Waals surface area (Å²) in [5.41, 5.74) is 13.2. The van der Waals surface area contributed by atoms with Crippen molar-refractivity contribution in [2.75, 3.05) is 18.8 Å². The van der Waals surface area contributed by atoms with Gasteiger partial charge in [-0.2, -0.15) is 0 Å². The second-order valence-electron chi connectivity index (χ2n) is 5.41. The summed E-state index contributed by atoms with van der Waals surface area (Å²) in [6, 6.07) is 4.35. The summed E-state index contributed by atoms with van der Waals surface area (Å²) in [7, 11) is 0. The quantitative estimate of drug-likeness (QED) is 0.810. The predicted octanol–water partition coefficient (Wildman–Crippen LogP) is 0.833. The summed E-state index contributed by atoms with van der Waals surface area (Å²) in [5.74, 6) is 2.24. The van der Waals surface area contributed by atoms with Gasteiger partial charge in [0.2, 0.25) is 0 Å². The number of likely N-dealkylation sites (tertiary alicyclic amines) is 1. The van der Waals surface area contributed by atoms with E-state index in [0.717, 1.165) is 31.1 Å². The molecule has 1 aromatic rings. The van der Waals surface area contributed by atoms with Gasteiger partial charge in [-0.25, -0.2) is 4.98 Å². The average Bonchev–Trinajstić information content (AvgIpc) is 3.07. The zero-order valence-corrected chi connectivity index (χ0v) is 10.0. The topological polar surface area (TPSA) is 68.2 Å². The van der Waals surface area contributed by atoms with Crippen molar-refractivity contribution in [2.24, 2.45) is 17.6 Å². The number of aromatic nitrogens is 1. The van der Waals surface area contributed by atoms with Crippen LogP contribution in [0.1, 0.15) is 18.4 Å². The molecule has 2 heterocycles. The van der Waals surface area contributed by atoms with E-state index in [2.05, 4.69) is 16.0 Å². The maximum Gasteiger partial charge on any atom is 0.127 e. The lowest BCUT2D eigenvalue weighted by molar-refractivity contribution is 0.310. The molecule has 0 bridgehead atoms. The highest BCUT2D eigenvalue weighted by Gasteiger charge is 2.40. The molecule has 0 spiro atoms. The molecule has 0 aromatic carbocycles. The third-order valence-corrected chi connectivity index (χ3v) is 4.04. The van der Waals surface area contributed by atoms with E-state index < -0.39 is 0 Å². The van der Waals surface area contributed by atoms with Gasteiger partial charge in [0.1, 0.15) is 5.82 Å². The van der Waals surface area contributed by atoms with Crippen LogP contribution in [-0.4, -0.2) is 29.0 Å². The maximum absolute atomic E-state index is 6.21. The highest BCUT2D eigenvalue weighted by Crippen LogP contribution is 2.41. The monoisotopic (exact) mass is 232 g/mol. The minimum atomic E-state index is 0.348. The summed E-state index contributed by atoms with van der Waals surface area (Å²) in [5, 5.41) is 0. The molecule has 3 rings (SSSR count). The number of nitrogens with zero attached hydrogens (tertiary/aromatic N) is 2. The Morgan fingerprint density at radius 1 is 1.35 bits per heavy atom. The van der Waals surface area contributed by atoms with Crippen LogP contribution in [0.25, 0.3) is 0 Å². The van der Waals surface area contributed by atoms with Crippen LogP contribution in [-0.2, 0) is 6.54 Å². The Morgan fingerprint density at radius 2 is 2.18 bits per heavy atom. The standard InChI is InChI=1S/C13H20N4/c14-12-8-17(7-11(12)9-3-4-9)6-10-2-1-5-16-13(10)15/h1-2,5,9,11-12H,3-4,6-8,14H2,(H2,15,16)/t11-,12+/m1/s1. The van der Waals surface area contributed by atoms with Gasteiger partial charge in [-0.3, -0.25) is 4.90 Å². The van der Waals surface area contributed by atoms with Gasteiger partial charge in [0.05, 0.1) is 0 Å². The number of hydrogen-bond acceptors (Lipinski definition) is 4. The zero-order chi connectivity index (χ0) is 11.8. The van der Waals surface area contributed by atoms with E-state index in [4.69, 9.17) is 11.5 Å². The molecule has 0 unspecified atom stereocenters. The van der Waals surface area contributed by atoms with Gasteiger partial charge < -0.3 is 11.5 Å². The molecule has 92 valence electrons. The lowest BCUT2D eigenvalue weighted by atomic mass is 9.99. The largest absolute Gasteiger partial charge is 0.383 e. The maximum atomic E-state index is 6.21. The molecule has 1 saturated heterocycles. The minimum absolute atomic E-state index is 0.348. The third kappa shape index (κ3) is 2.28. The summed E-state index contributed by atoms with van der Waals surface area (Å²) < 4.78 is 0. The summed E-state index contributed by atoms with van der Waals surface area (Å²) in [6.45, 7) is 3.01. The van der Waals surface area contributed by atoms with Crippen molar-refractivity contribution in [1.29, 1.82) is 0 Å². The van der Waals surface area contributed by atoms with Gasteiger partial charge >= 0.3 is 0 Å². The molecular formula is C13H20N4. The number of pyridine rings is 1. The minimum Gasteiger partial charge on any atom is -0.383 e. The average molecular weight is 232 g/mol. The Labute approximate surface area is 102 Å². The lowest BCUT2D eigenvalue weighted by Gasteiger charge is -2.16. The summed E-state index contributed by atoms with van der Waals surface area (Å²) in [4.78, 5) is 6.54. The highest BCUT2D eigenvalue weighted by atomic mass is 15.2. The Morgan fingerprint density at radius 3 is 2.88 bits per heavy atom. The summed E-state index contributed by atoms with van der Waals surface area (Å²) >= 11 is 0. The van der Waals surface area contributed by atoms with Crippen molar-refractivity contribution in [1.82, 2.24) is 9.88 Å². The van der Waals surface area contributed by atoms with Crippen molar-refractivity contribution >= 4 is 5.82 Å². The molecule has 1 aliphatic carbocycles. The number of rotatable bonds is 3. The molecule has 1 saturated carbocycles. The van der Waals surface area contributed by atoms with E-state index in [1.807, 2.05) is 6.07 Å². The molecule has 0 amide bonds. The van der Waals surface area contributed by atoms with Gasteiger partial charge in [0.25, 0.3) is 0 Å². The van der Waals surface area contributed by atoms with Crippen LogP contribution in [0.4, 0.5) is 5.82 Å². The van der Waals surface area contributed by atoms with Gasteiger partial charge in [-0.1, -0.05) is 6.07 Å². The van der Waals surface area contributed by atoms with E-state index in [1.54, 1.807) is 6.20 Å². The fourth-order valence-corrected chi connectivity index (χ4v) is 2.92. The van der Waals surface area contributed by atoms with Crippen LogP contribution in [0.2, 0.25) is 0 Å². The molecule has 2 atom stereocenters. The van der Waals surface area contributed by atoms with Crippen molar-refractivity contribution in [2.45, 2.75) is 25.4 Å². The Kier molecular flexibility index (Phi) is 2.76. The second-order valence-corrected chi connectivity index (χ2v) is 5.41. The first kappa shape index (κ1) is 11.0. The lowest BCUT2D eigenvalue weighted by Crippen LogP contribution is -2.30. The number of hydrogen-bond donors (Lipinski definition) is 2. The predicted molar refractivity (Wildman–Crippen MR) is 68.1 cm³/mol. The van der Waals surface area contributed by atoms with Crippen molar-refractivity contribution < 1.29 is 0 Å². The van der Waals surface area contributed by atoms with E-state index in [-0.39, 0.29) is 0 Å². The second kappa shape index (κ2) is 4.27. The normalized spacial score (nSPS) is 29.7. The Balaban J connectivity index is 1.65. The first-order valence-electron chi connectivity index (χ1n) is 6.41. The van der Waals surface area contributed by atoms with E-state index >= 15 is 0 Å². The van der Waals surface area contributed by atoms with Crippen LogP contribution in [0.3, 0.4) is 0 Å². The van der Waals surface area contributed by atoms with Crippen molar-refractivity contribution in [3.63, 3.8) is 0 Å². The molecule has 2 fully saturated rings. The molecular weight excluding hydrogens is 212 g/mol. The fraction of sp³-hybridized carbons (Fsp3) is 0.615. The third-order valence-electron chi connectivity index (χ3n) is 4.04. The summed E-state index contributed by atoms with van der Waals surface area (Å²) in [6.07, 6.45) is 4.49. The number of nitrogens with two attached hydrogens (primary N) is 2. The fourth-order valence-electron chi connectivity index (χ4n) is 2.92. The molecule has 4 N–H and O–H groups in total.